The maximum Gasteiger partial charge on any atom is 0.255 e. The number of carbonyl (C=O) groups excluding carboxylic acids is 1. The monoisotopic (exact) mass is 441 g/mol. The third kappa shape index (κ3) is 5.45. The molecule has 0 unspecified atom stereocenters. The third-order valence-corrected chi connectivity index (χ3v) is 5.24. The van der Waals surface area contributed by atoms with Gasteiger partial charge in [0.2, 0.25) is 0 Å². The summed E-state index contributed by atoms with van der Waals surface area (Å²) in [5.74, 6) is 1.35. The van der Waals surface area contributed by atoms with E-state index in [2.05, 4.69) is 25.6 Å². The Labute approximate surface area is 193 Å². The van der Waals surface area contributed by atoms with Gasteiger partial charge in [-0.15, -0.1) is 0 Å². The number of hydrogen-bond acceptors (Lipinski definition) is 5. The fourth-order valence-corrected chi connectivity index (χ4v) is 3.53. The Kier molecular flexibility index (Phi) is 6.80. The highest BCUT2D eigenvalue weighted by Gasteiger charge is 2.13. The first-order chi connectivity index (χ1) is 16.0. The van der Waals surface area contributed by atoms with Gasteiger partial charge in [-0.2, -0.15) is 0 Å². The van der Waals surface area contributed by atoms with Crippen molar-refractivity contribution in [3.05, 3.63) is 95.2 Å². The highest BCUT2D eigenvalue weighted by molar-refractivity contribution is 6.05. The minimum Gasteiger partial charge on any atom is -0.487 e. The van der Waals surface area contributed by atoms with Gasteiger partial charge in [0, 0.05) is 29.6 Å². The zero-order chi connectivity index (χ0) is 23.2. The fraction of sp³-hybridized carbons (Fsp3) is 0.192. The van der Waals surface area contributed by atoms with Crippen LogP contribution >= 0.6 is 0 Å². The molecule has 0 fully saturated rings. The molecule has 0 radical (unpaired) electrons. The number of ether oxygens (including phenoxy) is 1. The van der Waals surface area contributed by atoms with Gasteiger partial charge >= 0.3 is 0 Å². The van der Waals surface area contributed by atoms with Crippen molar-refractivity contribution in [2.75, 3.05) is 12.4 Å². The number of aryl methyl sites for hydroxylation is 2. The number of benzene rings is 2. The van der Waals surface area contributed by atoms with Gasteiger partial charge in [0.1, 0.15) is 18.2 Å². The van der Waals surface area contributed by atoms with E-state index in [1.807, 2.05) is 57.3 Å². The van der Waals surface area contributed by atoms with Crippen LogP contribution < -0.4 is 15.4 Å². The van der Waals surface area contributed by atoms with E-state index in [0.29, 0.717) is 24.5 Å². The van der Waals surface area contributed by atoms with Gasteiger partial charge in [-0.25, -0.2) is 4.98 Å². The van der Waals surface area contributed by atoms with E-state index in [0.717, 1.165) is 39.7 Å². The van der Waals surface area contributed by atoms with Crippen molar-refractivity contribution >= 4 is 11.6 Å². The van der Waals surface area contributed by atoms with Crippen LogP contribution in [0.25, 0.3) is 11.3 Å². The van der Waals surface area contributed by atoms with Crippen LogP contribution in [-0.2, 0) is 13.2 Å². The number of H-pyrrole nitrogens is 1. The van der Waals surface area contributed by atoms with E-state index < -0.39 is 0 Å². The second-order valence-electron chi connectivity index (χ2n) is 7.80. The number of imidazole rings is 1. The SMILES string of the molecule is CNCc1[nH]c(C)nc1-c1ccc(C)c(NC(=O)c2ccc(OCc3ccccn3)cc2)c1. The van der Waals surface area contributed by atoms with Crippen LogP contribution in [0.1, 0.15) is 33.1 Å². The number of hydrogen-bond donors (Lipinski definition) is 3. The zero-order valence-electron chi connectivity index (χ0n) is 19.0. The van der Waals surface area contributed by atoms with E-state index in [4.69, 9.17) is 4.74 Å². The van der Waals surface area contributed by atoms with Gasteiger partial charge in [-0.05, 0) is 68.9 Å². The molecule has 0 bridgehead atoms. The smallest absolute Gasteiger partial charge is 0.255 e. The van der Waals surface area contributed by atoms with Crippen LogP contribution in [-0.4, -0.2) is 27.9 Å². The minimum atomic E-state index is -0.180. The Morgan fingerprint density at radius 2 is 1.88 bits per heavy atom. The van der Waals surface area contributed by atoms with Gasteiger partial charge in [-0.1, -0.05) is 18.2 Å². The number of rotatable bonds is 8. The molecule has 0 aliphatic rings. The van der Waals surface area contributed by atoms with Crippen molar-refractivity contribution in [3.63, 3.8) is 0 Å². The molecular weight excluding hydrogens is 414 g/mol. The zero-order valence-corrected chi connectivity index (χ0v) is 19.0. The average Bonchev–Trinajstić information content (AvgIpc) is 3.20. The number of pyridine rings is 1. The van der Waals surface area contributed by atoms with Crippen molar-refractivity contribution in [2.24, 2.45) is 0 Å². The first-order valence-electron chi connectivity index (χ1n) is 10.8. The first-order valence-corrected chi connectivity index (χ1v) is 10.8. The molecule has 2 heterocycles. The Bertz CT molecular complexity index is 1230. The summed E-state index contributed by atoms with van der Waals surface area (Å²) in [5, 5.41) is 6.18. The normalized spacial score (nSPS) is 10.8. The van der Waals surface area contributed by atoms with E-state index >= 15 is 0 Å². The van der Waals surface area contributed by atoms with Crippen molar-refractivity contribution in [1.29, 1.82) is 0 Å². The van der Waals surface area contributed by atoms with E-state index in [1.54, 1.807) is 30.5 Å². The minimum absolute atomic E-state index is 0.180. The molecule has 0 saturated heterocycles. The number of amides is 1. The molecule has 0 aliphatic heterocycles. The van der Waals surface area contributed by atoms with E-state index in [-0.39, 0.29) is 5.91 Å². The summed E-state index contributed by atoms with van der Waals surface area (Å²) in [4.78, 5) is 25.1. The van der Waals surface area contributed by atoms with Crippen LogP contribution in [0.15, 0.2) is 66.9 Å². The first kappa shape index (κ1) is 22.2. The van der Waals surface area contributed by atoms with Crippen LogP contribution in [0.3, 0.4) is 0 Å². The number of aromatic amines is 1. The lowest BCUT2D eigenvalue weighted by Gasteiger charge is -2.12. The maximum absolute atomic E-state index is 12.9. The summed E-state index contributed by atoms with van der Waals surface area (Å²) < 4.78 is 5.75. The van der Waals surface area contributed by atoms with Gasteiger partial charge in [0.25, 0.3) is 5.91 Å². The highest BCUT2D eigenvalue weighted by atomic mass is 16.5. The fourth-order valence-electron chi connectivity index (χ4n) is 3.53. The molecule has 0 spiro atoms. The van der Waals surface area contributed by atoms with E-state index in [9.17, 15) is 4.79 Å². The van der Waals surface area contributed by atoms with Crippen LogP contribution in [0, 0.1) is 13.8 Å². The molecule has 0 saturated carbocycles. The van der Waals surface area contributed by atoms with Crippen molar-refractivity contribution in [2.45, 2.75) is 27.0 Å². The van der Waals surface area contributed by atoms with Crippen molar-refractivity contribution in [3.8, 4) is 17.0 Å². The highest BCUT2D eigenvalue weighted by Crippen LogP contribution is 2.27. The summed E-state index contributed by atoms with van der Waals surface area (Å²) >= 11 is 0. The second kappa shape index (κ2) is 10.1. The predicted octanol–water partition coefficient (Wildman–Crippen LogP) is 4.64. The summed E-state index contributed by atoms with van der Waals surface area (Å²) in [7, 11) is 1.90. The lowest BCUT2D eigenvalue weighted by atomic mass is 10.1. The Hall–Kier alpha value is -3.97. The van der Waals surface area contributed by atoms with Gasteiger partial charge < -0.3 is 20.4 Å². The molecule has 168 valence electrons. The van der Waals surface area contributed by atoms with Crippen molar-refractivity contribution in [1.82, 2.24) is 20.3 Å². The molecule has 2 aromatic carbocycles. The molecule has 1 amide bonds. The summed E-state index contributed by atoms with van der Waals surface area (Å²) in [6, 6.07) is 18.8. The van der Waals surface area contributed by atoms with Gasteiger partial charge in [0.15, 0.2) is 0 Å². The van der Waals surface area contributed by atoms with Crippen molar-refractivity contribution < 1.29 is 9.53 Å². The number of aromatic nitrogens is 3. The Morgan fingerprint density at radius 3 is 2.61 bits per heavy atom. The van der Waals surface area contributed by atoms with Crippen LogP contribution in [0.4, 0.5) is 5.69 Å². The number of carbonyl (C=O) groups is 1. The topological polar surface area (TPSA) is 91.9 Å². The predicted molar refractivity (Wildman–Crippen MR) is 129 cm³/mol. The second-order valence-corrected chi connectivity index (χ2v) is 7.80. The summed E-state index contributed by atoms with van der Waals surface area (Å²) in [5.41, 5.74) is 5.97. The lowest BCUT2D eigenvalue weighted by Crippen LogP contribution is -2.13. The van der Waals surface area contributed by atoms with Gasteiger partial charge in [0.05, 0.1) is 17.1 Å². The average molecular weight is 442 g/mol. The summed E-state index contributed by atoms with van der Waals surface area (Å²) in [6.45, 7) is 4.96. The molecule has 0 aliphatic carbocycles. The number of nitrogens with one attached hydrogen (secondary N) is 3. The lowest BCUT2D eigenvalue weighted by molar-refractivity contribution is 0.102. The molecule has 7 heteroatoms. The summed E-state index contributed by atoms with van der Waals surface area (Å²) in [6.07, 6.45) is 1.73. The Morgan fingerprint density at radius 1 is 1.06 bits per heavy atom. The maximum atomic E-state index is 12.9. The standard InChI is InChI=1S/C26H27N5O2/c1-17-7-8-20(25-24(15-27-3)29-18(2)30-25)14-23(17)31-26(32)19-9-11-22(12-10-19)33-16-21-6-4-5-13-28-21/h4-14,27H,15-16H2,1-3H3,(H,29,30)(H,31,32). The largest absolute Gasteiger partial charge is 0.487 e. The molecule has 33 heavy (non-hydrogen) atoms. The van der Waals surface area contributed by atoms with Crippen LogP contribution in [0.5, 0.6) is 5.75 Å². The van der Waals surface area contributed by atoms with Crippen LogP contribution in [0.2, 0.25) is 0 Å². The van der Waals surface area contributed by atoms with E-state index in [1.165, 1.54) is 0 Å². The molecule has 7 nitrogen and oxygen atoms in total. The quantitative estimate of drug-likeness (QED) is 0.371. The molecule has 3 N–H and O–H groups in total. The molecule has 4 aromatic rings. The third-order valence-electron chi connectivity index (χ3n) is 5.24. The molecule has 0 atom stereocenters. The Balaban J connectivity index is 1.46. The molecule has 4 rings (SSSR count). The number of anilines is 1. The molecular formula is C26H27N5O2. The number of nitrogens with zero attached hydrogens (tertiary/aromatic N) is 2. The molecule has 2 aromatic heterocycles. The van der Waals surface area contributed by atoms with Gasteiger partial charge in [-0.3, -0.25) is 9.78 Å².